The van der Waals surface area contributed by atoms with Gasteiger partial charge in [-0.15, -0.1) is 0 Å². The molecule has 0 radical (unpaired) electrons. The Balaban J connectivity index is 1.72. The van der Waals surface area contributed by atoms with Gasteiger partial charge in [0.2, 0.25) is 0 Å². The lowest BCUT2D eigenvalue weighted by molar-refractivity contribution is 0.0693. The maximum Gasteiger partial charge on any atom is 0.263 e. The van der Waals surface area contributed by atoms with E-state index in [9.17, 15) is 9.59 Å². The van der Waals surface area contributed by atoms with E-state index in [4.69, 9.17) is 0 Å². The first kappa shape index (κ1) is 19.9. The SMILES string of the molecule is CC1CCN(C(=O)c2ccccc2C(=O)N(c2ccccc2)c2ccccc2)CC1. The molecule has 4 rings (SSSR count). The summed E-state index contributed by atoms with van der Waals surface area (Å²) < 4.78 is 0. The van der Waals surface area contributed by atoms with Gasteiger partial charge in [0.15, 0.2) is 0 Å². The first-order valence-corrected chi connectivity index (χ1v) is 10.5. The van der Waals surface area contributed by atoms with Crippen molar-refractivity contribution in [1.82, 2.24) is 4.90 Å². The fraction of sp³-hybridized carbons (Fsp3) is 0.231. The van der Waals surface area contributed by atoms with E-state index in [0.717, 1.165) is 37.3 Å². The molecule has 4 heteroatoms. The lowest BCUT2D eigenvalue weighted by atomic mass is 9.97. The molecule has 0 saturated carbocycles. The van der Waals surface area contributed by atoms with Crippen molar-refractivity contribution in [2.24, 2.45) is 5.92 Å². The summed E-state index contributed by atoms with van der Waals surface area (Å²) in [7, 11) is 0. The number of anilines is 2. The molecule has 0 atom stereocenters. The molecule has 1 heterocycles. The van der Waals surface area contributed by atoms with Crippen LogP contribution in [-0.2, 0) is 0 Å². The minimum Gasteiger partial charge on any atom is -0.339 e. The molecule has 0 aliphatic carbocycles. The van der Waals surface area contributed by atoms with E-state index in [1.54, 1.807) is 17.0 Å². The Morgan fingerprint density at radius 3 is 1.73 bits per heavy atom. The van der Waals surface area contributed by atoms with Crippen LogP contribution in [0.3, 0.4) is 0 Å². The number of amides is 2. The van der Waals surface area contributed by atoms with E-state index in [2.05, 4.69) is 6.92 Å². The van der Waals surface area contributed by atoms with Crippen molar-refractivity contribution >= 4 is 23.2 Å². The lowest BCUT2D eigenvalue weighted by Crippen LogP contribution is -2.39. The number of rotatable bonds is 4. The molecular formula is C26H26N2O2. The smallest absolute Gasteiger partial charge is 0.263 e. The Kier molecular flexibility index (Phi) is 5.94. The van der Waals surface area contributed by atoms with E-state index >= 15 is 0 Å². The summed E-state index contributed by atoms with van der Waals surface area (Å²) in [5, 5.41) is 0. The molecular weight excluding hydrogens is 372 g/mol. The highest BCUT2D eigenvalue weighted by Crippen LogP contribution is 2.29. The molecule has 0 N–H and O–H groups in total. The van der Waals surface area contributed by atoms with E-state index < -0.39 is 0 Å². The van der Waals surface area contributed by atoms with Crippen LogP contribution in [0.1, 0.15) is 40.5 Å². The van der Waals surface area contributed by atoms with Crippen LogP contribution in [-0.4, -0.2) is 29.8 Å². The number of hydrogen-bond acceptors (Lipinski definition) is 2. The van der Waals surface area contributed by atoms with Crippen molar-refractivity contribution in [3.8, 4) is 0 Å². The van der Waals surface area contributed by atoms with Crippen molar-refractivity contribution < 1.29 is 9.59 Å². The number of carbonyl (C=O) groups excluding carboxylic acids is 2. The van der Waals surface area contributed by atoms with Gasteiger partial charge in [0, 0.05) is 24.5 Å². The summed E-state index contributed by atoms with van der Waals surface area (Å²) in [6, 6.07) is 26.2. The fourth-order valence-electron chi connectivity index (χ4n) is 3.90. The third-order valence-electron chi connectivity index (χ3n) is 5.69. The van der Waals surface area contributed by atoms with Gasteiger partial charge in [-0.25, -0.2) is 0 Å². The van der Waals surface area contributed by atoms with Crippen LogP contribution in [0, 0.1) is 5.92 Å². The largest absolute Gasteiger partial charge is 0.339 e. The van der Waals surface area contributed by atoms with Crippen molar-refractivity contribution in [1.29, 1.82) is 0 Å². The Hall–Kier alpha value is -3.40. The summed E-state index contributed by atoms with van der Waals surface area (Å²) in [6.45, 7) is 3.70. The van der Waals surface area contributed by atoms with Crippen molar-refractivity contribution in [3.05, 3.63) is 96.1 Å². The van der Waals surface area contributed by atoms with Gasteiger partial charge >= 0.3 is 0 Å². The maximum atomic E-state index is 13.8. The van der Waals surface area contributed by atoms with Gasteiger partial charge in [-0.1, -0.05) is 55.5 Å². The third-order valence-corrected chi connectivity index (χ3v) is 5.69. The fourth-order valence-corrected chi connectivity index (χ4v) is 3.90. The molecule has 1 saturated heterocycles. The topological polar surface area (TPSA) is 40.6 Å². The average Bonchev–Trinajstić information content (AvgIpc) is 2.81. The molecule has 0 unspecified atom stereocenters. The Morgan fingerprint density at radius 2 is 1.20 bits per heavy atom. The van der Waals surface area contributed by atoms with Gasteiger partial charge in [-0.05, 0) is 55.2 Å². The van der Waals surface area contributed by atoms with Crippen LogP contribution in [0.4, 0.5) is 11.4 Å². The number of hydrogen-bond donors (Lipinski definition) is 0. The highest BCUT2D eigenvalue weighted by atomic mass is 16.2. The molecule has 4 nitrogen and oxygen atoms in total. The third kappa shape index (κ3) is 4.13. The van der Waals surface area contributed by atoms with E-state index in [0.29, 0.717) is 17.0 Å². The number of piperidine rings is 1. The number of nitrogens with zero attached hydrogens (tertiary/aromatic N) is 2. The van der Waals surface area contributed by atoms with Crippen LogP contribution >= 0.6 is 0 Å². The zero-order chi connectivity index (χ0) is 20.9. The second-order valence-corrected chi connectivity index (χ2v) is 7.83. The van der Waals surface area contributed by atoms with Gasteiger partial charge in [-0.2, -0.15) is 0 Å². The molecule has 152 valence electrons. The minimum absolute atomic E-state index is 0.0630. The number of carbonyl (C=O) groups is 2. The first-order valence-electron chi connectivity index (χ1n) is 10.5. The monoisotopic (exact) mass is 398 g/mol. The summed E-state index contributed by atoms with van der Waals surface area (Å²) in [4.78, 5) is 30.6. The number of benzene rings is 3. The van der Waals surface area contributed by atoms with Crippen molar-refractivity contribution in [2.45, 2.75) is 19.8 Å². The molecule has 0 spiro atoms. The minimum atomic E-state index is -0.207. The van der Waals surface area contributed by atoms with Gasteiger partial charge in [0.05, 0.1) is 11.1 Å². The van der Waals surface area contributed by atoms with Gasteiger partial charge in [0.1, 0.15) is 0 Å². The second kappa shape index (κ2) is 8.95. The van der Waals surface area contributed by atoms with Gasteiger partial charge < -0.3 is 4.90 Å². The standard InChI is InChI=1S/C26H26N2O2/c1-20-16-18-27(19-17-20)25(29)23-14-8-9-15-24(23)26(30)28(21-10-4-2-5-11-21)22-12-6-3-7-13-22/h2-15,20H,16-19H2,1H3. The molecule has 1 aliphatic heterocycles. The molecule has 0 bridgehead atoms. The van der Waals surface area contributed by atoms with Crippen LogP contribution in [0.5, 0.6) is 0 Å². The molecule has 3 aromatic carbocycles. The zero-order valence-electron chi connectivity index (χ0n) is 17.2. The molecule has 1 fully saturated rings. The van der Waals surface area contributed by atoms with Crippen LogP contribution < -0.4 is 4.90 Å². The normalized spacial score (nSPS) is 14.4. The predicted molar refractivity (Wildman–Crippen MR) is 120 cm³/mol. The summed E-state index contributed by atoms with van der Waals surface area (Å²) in [6.07, 6.45) is 2.00. The lowest BCUT2D eigenvalue weighted by Gasteiger charge is -2.31. The molecule has 30 heavy (non-hydrogen) atoms. The van der Waals surface area contributed by atoms with Crippen molar-refractivity contribution in [3.63, 3.8) is 0 Å². The second-order valence-electron chi connectivity index (χ2n) is 7.83. The zero-order valence-corrected chi connectivity index (χ0v) is 17.2. The summed E-state index contributed by atoms with van der Waals surface area (Å²) in [5.74, 6) is 0.367. The van der Waals surface area contributed by atoms with Crippen molar-refractivity contribution in [2.75, 3.05) is 18.0 Å². The predicted octanol–water partition coefficient (Wildman–Crippen LogP) is 5.54. The molecule has 1 aliphatic rings. The first-order chi connectivity index (χ1) is 14.6. The average molecular weight is 399 g/mol. The summed E-state index contributed by atoms with van der Waals surface area (Å²) >= 11 is 0. The Labute approximate surface area is 177 Å². The molecule has 0 aromatic heterocycles. The van der Waals surface area contributed by atoms with Crippen LogP contribution in [0.2, 0.25) is 0 Å². The maximum absolute atomic E-state index is 13.8. The molecule has 3 aromatic rings. The highest BCUT2D eigenvalue weighted by Gasteiger charge is 2.28. The van der Waals surface area contributed by atoms with E-state index in [1.165, 1.54) is 0 Å². The van der Waals surface area contributed by atoms with Gasteiger partial charge in [0.25, 0.3) is 11.8 Å². The Morgan fingerprint density at radius 1 is 0.733 bits per heavy atom. The van der Waals surface area contributed by atoms with Crippen LogP contribution in [0.15, 0.2) is 84.9 Å². The Bertz CT molecular complexity index is 970. The summed E-state index contributed by atoms with van der Waals surface area (Å²) in [5.41, 5.74) is 2.42. The number of likely N-dealkylation sites (tertiary alicyclic amines) is 1. The number of para-hydroxylation sites is 2. The van der Waals surface area contributed by atoms with E-state index in [-0.39, 0.29) is 11.8 Å². The van der Waals surface area contributed by atoms with Crippen LogP contribution in [0.25, 0.3) is 0 Å². The molecule has 2 amide bonds. The highest BCUT2D eigenvalue weighted by molar-refractivity contribution is 6.16. The van der Waals surface area contributed by atoms with E-state index in [1.807, 2.05) is 77.7 Å². The quantitative estimate of drug-likeness (QED) is 0.579. The van der Waals surface area contributed by atoms with Gasteiger partial charge in [-0.3, -0.25) is 14.5 Å².